The summed E-state index contributed by atoms with van der Waals surface area (Å²) in [5, 5.41) is 3.73. The molecule has 0 aromatic heterocycles. The zero-order valence-corrected chi connectivity index (χ0v) is 13.1. The summed E-state index contributed by atoms with van der Waals surface area (Å²) < 4.78 is 13.4. The van der Waals surface area contributed by atoms with Crippen molar-refractivity contribution >= 4 is 0 Å². The first-order valence-corrected chi connectivity index (χ1v) is 7.83. The first-order chi connectivity index (χ1) is 9.34. The maximum absolute atomic E-state index is 13.4. The van der Waals surface area contributed by atoms with Crippen molar-refractivity contribution in [3.8, 4) is 0 Å². The number of hydrogen-bond donors (Lipinski definition) is 1. The molecule has 0 radical (unpaired) electrons. The smallest absolute Gasteiger partial charge is 0.123 e. The van der Waals surface area contributed by atoms with Gasteiger partial charge < -0.3 is 5.32 Å². The third-order valence-corrected chi connectivity index (χ3v) is 6.64. The lowest BCUT2D eigenvalue weighted by Crippen LogP contribution is -2.44. The van der Waals surface area contributed by atoms with Crippen molar-refractivity contribution in [2.24, 2.45) is 16.7 Å². The van der Waals surface area contributed by atoms with Gasteiger partial charge in [0, 0.05) is 12.6 Å². The molecule has 3 atom stereocenters. The maximum atomic E-state index is 13.4. The largest absolute Gasteiger partial charge is 0.309 e. The summed E-state index contributed by atoms with van der Waals surface area (Å²) in [6.45, 7) is 10.1. The molecule has 20 heavy (non-hydrogen) atoms. The van der Waals surface area contributed by atoms with Crippen LogP contribution in [0.3, 0.4) is 0 Å². The van der Waals surface area contributed by atoms with Crippen molar-refractivity contribution in [2.45, 2.75) is 59.5 Å². The van der Waals surface area contributed by atoms with E-state index >= 15 is 0 Å². The summed E-state index contributed by atoms with van der Waals surface area (Å²) >= 11 is 0. The van der Waals surface area contributed by atoms with Crippen LogP contribution in [-0.4, -0.2) is 6.04 Å². The van der Waals surface area contributed by atoms with Gasteiger partial charge in [0.2, 0.25) is 0 Å². The normalized spacial score (nSPS) is 34.6. The van der Waals surface area contributed by atoms with Crippen LogP contribution < -0.4 is 5.32 Å². The lowest BCUT2D eigenvalue weighted by molar-refractivity contribution is 0.120. The number of rotatable bonds is 3. The van der Waals surface area contributed by atoms with E-state index in [0.717, 1.165) is 18.0 Å². The molecule has 2 aliphatic rings. The van der Waals surface area contributed by atoms with Crippen LogP contribution in [0.25, 0.3) is 0 Å². The maximum Gasteiger partial charge on any atom is 0.123 e. The first kappa shape index (κ1) is 14.1. The molecule has 1 nitrogen and oxygen atoms in total. The summed E-state index contributed by atoms with van der Waals surface area (Å²) in [4.78, 5) is 0. The van der Waals surface area contributed by atoms with Gasteiger partial charge >= 0.3 is 0 Å². The summed E-state index contributed by atoms with van der Waals surface area (Å²) in [5.74, 6) is 0.713. The second kappa shape index (κ2) is 4.56. The lowest BCUT2D eigenvalue weighted by Gasteiger charge is -2.39. The van der Waals surface area contributed by atoms with Crippen molar-refractivity contribution in [1.29, 1.82) is 0 Å². The highest BCUT2D eigenvalue weighted by Crippen LogP contribution is 2.65. The molecule has 0 spiro atoms. The van der Waals surface area contributed by atoms with Crippen LogP contribution in [0.4, 0.5) is 4.39 Å². The van der Waals surface area contributed by atoms with Gasteiger partial charge in [0.05, 0.1) is 0 Å². The van der Waals surface area contributed by atoms with E-state index < -0.39 is 0 Å². The number of fused-ring (bicyclic) bond motifs is 2. The highest BCUT2D eigenvalue weighted by molar-refractivity contribution is 5.26. The van der Waals surface area contributed by atoms with E-state index in [1.807, 2.05) is 6.07 Å². The fraction of sp³-hybridized carbons (Fsp3) is 0.667. The molecule has 0 aliphatic heterocycles. The van der Waals surface area contributed by atoms with Gasteiger partial charge in [-0.3, -0.25) is 0 Å². The second-order valence-electron chi connectivity index (χ2n) is 7.61. The molecular weight excluding hydrogens is 249 g/mol. The molecule has 2 bridgehead atoms. The van der Waals surface area contributed by atoms with E-state index in [1.54, 1.807) is 12.1 Å². The molecule has 2 heteroatoms. The molecule has 3 unspecified atom stereocenters. The second-order valence-corrected chi connectivity index (χ2v) is 7.61. The quantitative estimate of drug-likeness (QED) is 0.860. The van der Waals surface area contributed by atoms with Gasteiger partial charge in [-0.1, -0.05) is 26.8 Å². The number of hydrogen-bond acceptors (Lipinski definition) is 1. The molecular formula is C18H26FN. The molecule has 2 aliphatic carbocycles. The molecule has 0 saturated heterocycles. The Morgan fingerprint density at radius 2 is 2.05 bits per heavy atom. The predicted octanol–water partition coefficient (Wildman–Crippen LogP) is 4.44. The summed E-state index contributed by atoms with van der Waals surface area (Å²) in [6, 6.07) is 5.65. The topological polar surface area (TPSA) is 12.0 Å². The minimum absolute atomic E-state index is 0.133. The van der Waals surface area contributed by atoms with Gasteiger partial charge in [-0.05, 0) is 66.2 Å². The predicted molar refractivity (Wildman–Crippen MR) is 81.0 cm³/mol. The number of aryl methyl sites for hydroxylation is 1. The zero-order chi connectivity index (χ0) is 14.5. The molecule has 1 aromatic rings. The average Bonchev–Trinajstić information content (AvgIpc) is 2.72. The van der Waals surface area contributed by atoms with E-state index in [1.165, 1.54) is 24.8 Å². The molecule has 2 saturated carbocycles. The third kappa shape index (κ3) is 1.92. The van der Waals surface area contributed by atoms with Crippen molar-refractivity contribution < 1.29 is 4.39 Å². The Labute approximate surface area is 122 Å². The third-order valence-electron chi connectivity index (χ3n) is 6.64. The van der Waals surface area contributed by atoms with Crippen molar-refractivity contribution in [1.82, 2.24) is 5.32 Å². The van der Waals surface area contributed by atoms with Crippen LogP contribution in [-0.2, 0) is 6.54 Å². The standard InChI is InChI=1S/C18H26FN/c1-12-5-6-15(19)9-13(12)11-20-16-10-14-7-8-18(16,4)17(14,2)3/h5-6,9,14,16,20H,7-8,10-11H2,1-4H3. The van der Waals surface area contributed by atoms with Gasteiger partial charge in [0.25, 0.3) is 0 Å². The van der Waals surface area contributed by atoms with Crippen LogP contribution in [0.15, 0.2) is 18.2 Å². The fourth-order valence-corrected chi connectivity index (χ4v) is 4.58. The van der Waals surface area contributed by atoms with Crippen molar-refractivity contribution in [3.05, 3.63) is 35.1 Å². The van der Waals surface area contributed by atoms with E-state index in [-0.39, 0.29) is 5.82 Å². The lowest BCUT2D eigenvalue weighted by atomic mass is 9.69. The SMILES string of the molecule is Cc1ccc(F)cc1CNC1CC2CCC1(C)C2(C)C. The summed E-state index contributed by atoms with van der Waals surface area (Å²) in [5.41, 5.74) is 3.08. The van der Waals surface area contributed by atoms with Gasteiger partial charge in [0.1, 0.15) is 5.82 Å². The van der Waals surface area contributed by atoms with Crippen molar-refractivity contribution in [2.75, 3.05) is 0 Å². The zero-order valence-electron chi connectivity index (χ0n) is 13.1. The Kier molecular flexibility index (Phi) is 3.20. The average molecular weight is 275 g/mol. The number of nitrogens with one attached hydrogen (secondary N) is 1. The Bertz CT molecular complexity index is 522. The molecule has 1 aromatic carbocycles. The molecule has 1 N–H and O–H groups in total. The summed E-state index contributed by atoms with van der Waals surface area (Å²) in [7, 11) is 0. The van der Waals surface area contributed by atoms with E-state index in [0.29, 0.717) is 16.9 Å². The Morgan fingerprint density at radius 3 is 2.65 bits per heavy atom. The molecule has 0 amide bonds. The van der Waals surface area contributed by atoms with E-state index in [2.05, 4.69) is 33.0 Å². The van der Waals surface area contributed by atoms with Gasteiger partial charge in [-0.15, -0.1) is 0 Å². The van der Waals surface area contributed by atoms with E-state index in [9.17, 15) is 4.39 Å². The monoisotopic (exact) mass is 275 g/mol. The molecule has 110 valence electrons. The minimum Gasteiger partial charge on any atom is -0.309 e. The van der Waals surface area contributed by atoms with Crippen molar-refractivity contribution in [3.63, 3.8) is 0 Å². The van der Waals surface area contributed by atoms with Gasteiger partial charge in [0.15, 0.2) is 0 Å². The highest BCUT2D eigenvalue weighted by Gasteiger charge is 2.60. The molecule has 3 rings (SSSR count). The Balaban J connectivity index is 1.73. The Morgan fingerprint density at radius 1 is 1.30 bits per heavy atom. The highest BCUT2D eigenvalue weighted by atomic mass is 19.1. The van der Waals surface area contributed by atoms with Crippen LogP contribution >= 0.6 is 0 Å². The summed E-state index contributed by atoms with van der Waals surface area (Å²) in [6.07, 6.45) is 3.98. The minimum atomic E-state index is -0.133. The molecule has 0 heterocycles. The van der Waals surface area contributed by atoms with E-state index in [4.69, 9.17) is 0 Å². The first-order valence-electron chi connectivity index (χ1n) is 7.83. The number of halogens is 1. The fourth-order valence-electron chi connectivity index (χ4n) is 4.58. The van der Waals surface area contributed by atoms with Crippen LogP contribution in [0.5, 0.6) is 0 Å². The number of benzene rings is 1. The van der Waals surface area contributed by atoms with Gasteiger partial charge in [-0.2, -0.15) is 0 Å². The Hall–Kier alpha value is -0.890. The van der Waals surface area contributed by atoms with Crippen LogP contribution in [0, 0.1) is 29.5 Å². The van der Waals surface area contributed by atoms with Crippen LogP contribution in [0.1, 0.15) is 51.2 Å². The van der Waals surface area contributed by atoms with Gasteiger partial charge in [-0.25, -0.2) is 4.39 Å². The van der Waals surface area contributed by atoms with Crippen LogP contribution in [0.2, 0.25) is 0 Å². The molecule has 2 fully saturated rings.